The molecule has 2 aromatic carbocycles. The number of para-hydroxylation sites is 1. The van der Waals surface area contributed by atoms with Crippen LogP contribution in [-0.4, -0.2) is 30.5 Å². The number of anilines is 1. The van der Waals surface area contributed by atoms with E-state index < -0.39 is 10.0 Å². The van der Waals surface area contributed by atoms with Crippen molar-refractivity contribution < 1.29 is 17.7 Å². The predicted octanol–water partition coefficient (Wildman–Crippen LogP) is 3.93. The summed E-state index contributed by atoms with van der Waals surface area (Å²) in [6.45, 7) is 7.07. The van der Waals surface area contributed by atoms with Crippen LogP contribution in [0.1, 0.15) is 22.6 Å². The Morgan fingerprint density at radius 3 is 2.32 bits per heavy atom. The van der Waals surface area contributed by atoms with Crippen LogP contribution in [0.4, 0.5) is 5.69 Å². The quantitative estimate of drug-likeness (QED) is 0.444. The highest BCUT2D eigenvalue weighted by molar-refractivity contribution is 7.92. The van der Waals surface area contributed by atoms with E-state index in [2.05, 4.69) is 15.0 Å². The van der Waals surface area contributed by atoms with Crippen LogP contribution in [0, 0.1) is 27.7 Å². The fraction of sp³-hybridized carbons (Fsp3) is 0.208. The maximum atomic E-state index is 13.4. The third kappa shape index (κ3) is 4.19. The number of benzene rings is 2. The maximum absolute atomic E-state index is 13.4. The normalized spacial score (nSPS) is 11.4. The van der Waals surface area contributed by atoms with E-state index in [0.717, 1.165) is 11.1 Å². The highest BCUT2D eigenvalue weighted by atomic mass is 32.2. The van der Waals surface area contributed by atoms with Gasteiger partial charge in [0.05, 0.1) is 18.5 Å². The van der Waals surface area contributed by atoms with Gasteiger partial charge in [0, 0.05) is 11.6 Å². The van der Waals surface area contributed by atoms with Crippen molar-refractivity contribution in [3.8, 4) is 22.7 Å². The molecule has 0 amide bonds. The largest absolute Gasteiger partial charge is 0.495 e. The van der Waals surface area contributed by atoms with E-state index in [1.54, 1.807) is 26.0 Å². The Morgan fingerprint density at radius 2 is 1.71 bits per heavy atom. The first-order valence-electron chi connectivity index (χ1n) is 10.4. The lowest BCUT2D eigenvalue weighted by atomic mass is 10.1. The molecule has 0 saturated carbocycles. The van der Waals surface area contributed by atoms with Crippen LogP contribution < -0.4 is 15.0 Å². The van der Waals surface area contributed by atoms with Gasteiger partial charge in [0.25, 0.3) is 15.6 Å². The van der Waals surface area contributed by atoms with E-state index >= 15 is 0 Å². The van der Waals surface area contributed by atoms with Crippen LogP contribution in [-0.2, 0) is 10.0 Å². The second-order valence-electron chi connectivity index (χ2n) is 7.88. The molecule has 1 N–H and O–H groups in total. The summed E-state index contributed by atoms with van der Waals surface area (Å²) in [5.74, 6) is 0.626. The summed E-state index contributed by atoms with van der Waals surface area (Å²) >= 11 is 0. The number of methoxy groups -OCH3 is 1. The molecular formula is C24H24N4O5S. The van der Waals surface area contributed by atoms with E-state index in [1.807, 2.05) is 32.0 Å². The van der Waals surface area contributed by atoms with E-state index in [0.29, 0.717) is 34.1 Å². The molecule has 0 atom stereocenters. The number of ether oxygens (including phenoxy) is 1. The van der Waals surface area contributed by atoms with Gasteiger partial charge >= 0.3 is 0 Å². The average molecular weight is 481 g/mol. The average Bonchev–Trinajstić information content (AvgIpc) is 3.14. The third-order valence-corrected chi connectivity index (χ3v) is 6.85. The molecule has 0 unspecified atom stereocenters. The number of nitrogens with one attached hydrogen (secondary N) is 1. The number of aryl methyl sites for hydroxylation is 4. The molecule has 4 rings (SSSR count). The van der Waals surface area contributed by atoms with Gasteiger partial charge in [-0.3, -0.25) is 9.52 Å². The predicted molar refractivity (Wildman–Crippen MR) is 128 cm³/mol. The molecule has 0 aliphatic rings. The lowest BCUT2D eigenvalue weighted by Crippen LogP contribution is -2.21. The lowest BCUT2D eigenvalue weighted by Gasteiger charge is -2.16. The minimum absolute atomic E-state index is 0.0490. The van der Waals surface area contributed by atoms with E-state index in [4.69, 9.17) is 9.26 Å². The van der Waals surface area contributed by atoms with Gasteiger partial charge in [-0.1, -0.05) is 23.4 Å². The van der Waals surface area contributed by atoms with Crippen molar-refractivity contribution in [2.24, 2.45) is 0 Å². The molecule has 0 spiro atoms. The number of sulfonamides is 1. The van der Waals surface area contributed by atoms with E-state index in [-0.39, 0.29) is 16.2 Å². The molecule has 0 saturated heterocycles. The maximum Gasteiger partial charge on any atom is 0.271 e. The zero-order valence-corrected chi connectivity index (χ0v) is 20.2. The monoisotopic (exact) mass is 480 g/mol. The van der Waals surface area contributed by atoms with Crippen molar-refractivity contribution in [2.45, 2.75) is 32.6 Å². The van der Waals surface area contributed by atoms with Crippen LogP contribution >= 0.6 is 0 Å². The molecule has 2 aromatic heterocycles. The summed E-state index contributed by atoms with van der Waals surface area (Å²) in [7, 11) is -2.60. The second kappa shape index (κ2) is 8.79. The van der Waals surface area contributed by atoms with Crippen molar-refractivity contribution in [2.75, 3.05) is 11.8 Å². The molecule has 0 fully saturated rings. The summed E-state index contributed by atoms with van der Waals surface area (Å²) in [6.07, 6.45) is 0. The minimum atomic E-state index is -4.00. The molecule has 10 heteroatoms. The fourth-order valence-electron chi connectivity index (χ4n) is 3.72. The first-order chi connectivity index (χ1) is 16.1. The molecular weight excluding hydrogens is 456 g/mol. The van der Waals surface area contributed by atoms with Crippen LogP contribution in [0.25, 0.3) is 16.9 Å². The summed E-state index contributed by atoms with van der Waals surface area (Å²) in [5, 5.41) is 8.33. The van der Waals surface area contributed by atoms with Gasteiger partial charge in [0.1, 0.15) is 22.0 Å². The third-order valence-electron chi connectivity index (χ3n) is 5.47. The molecule has 176 valence electrons. The number of hydrogen-bond donors (Lipinski definition) is 1. The van der Waals surface area contributed by atoms with Crippen LogP contribution in [0.3, 0.4) is 0 Å². The molecule has 2 heterocycles. The smallest absolute Gasteiger partial charge is 0.271 e. The van der Waals surface area contributed by atoms with Crippen molar-refractivity contribution >= 4 is 15.7 Å². The molecule has 4 aromatic rings. The minimum Gasteiger partial charge on any atom is -0.495 e. The summed E-state index contributed by atoms with van der Waals surface area (Å²) in [6, 6.07) is 13.1. The van der Waals surface area contributed by atoms with Gasteiger partial charge in [0.15, 0.2) is 5.76 Å². The molecule has 9 nitrogen and oxygen atoms in total. The molecule has 0 radical (unpaired) electrons. The standard InChI is InChI=1S/C24H24N4O5S/c1-14-7-6-8-15(2)23(14)27-34(30,31)21-13-18(9-11-20(21)32-5)19-10-12-22(29)28(25-19)24-16(3)26-33-17(24)4/h6-13,27H,1-5H3. The summed E-state index contributed by atoms with van der Waals surface area (Å²) in [5.41, 5.74) is 3.59. The van der Waals surface area contributed by atoms with Gasteiger partial charge in [-0.2, -0.15) is 9.78 Å². The Morgan fingerprint density at radius 1 is 1.00 bits per heavy atom. The zero-order chi connectivity index (χ0) is 24.6. The Bertz CT molecular complexity index is 1510. The van der Waals surface area contributed by atoms with Gasteiger partial charge < -0.3 is 9.26 Å². The van der Waals surface area contributed by atoms with Crippen LogP contribution in [0.15, 0.2) is 62.7 Å². The number of rotatable bonds is 6. The first-order valence-corrected chi connectivity index (χ1v) is 11.9. The van der Waals surface area contributed by atoms with Crippen molar-refractivity contribution in [1.29, 1.82) is 0 Å². The van der Waals surface area contributed by atoms with Gasteiger partial charge in [0.2, 0.25) is 0 Å². The van der Waals surface area contributed by atoms with Gasteiger partial charge in [-0.25, -0.2) is 8.42 Å². The van der Waals surface area contributed by atoms with Crippen molar-refractivity contribution in [1.82, 2.24) is 14.9 Å². The lowest BCUT2D eigenvalue weighted by molar-refractivity contribution is 0.392. The number of hydrogen-bond acceptors (Lipinski definition) is 7. The van der Waals surface area contributed by atoms with Gasteiger partial charge in [-0.05, 0) is 63.1 Å². The Kier molecular flexibility index (Phi) is 6.01. The zero-order valence-electron chi connectivity index (χ0n) is 19.4. The summed E-state index contributed by atoms with van der Waals surface area (Å²) in [4.78, 5) is 12.5. The molecule has 34 heavy (non-hydrogen) atoms. The number of aromatic nitrogens is 3. The Hall–Kier alpha value is -3.92. The van der Waals surface area contributed by atoms with Gasteiger partial charge in [-0.15, -0.1) is 0 Å². The molecule has 0 aliphatic heterocycles. The Balaban J connectivity index is 1.83. The molecule has 0 aliphatic carbocycles. The van der Waals surface area contributed by atoms with Crippen molar-refractivity contribution in [3.05, 3.63) is 81.5 Å². The highest BCUT2D eigenvalue weighted by Crippen LogP contribution is 2.32. The van der Waals surface area contributed by atoms with Crippen molar-refractivity contribution in [3.63, 3.8) is 0 Å². The summed E-state index contributed by atoms with van der Waals surface area (Å²) < 4.78 is 41.1. The number of nitrogens with zero attached hydrogens (tertiary/aromatic N) is 3. The topological polar surface area (TPSA) is 116 Å². The Labute approximate surface area is 197 Å². The fourth-order valence-corrected chi connectivity index (χ4v) is 5.12. The highest BCUT2D eigenvalue weighted by Gasteiger charge is 2.23. The molecule has 0 bridgehead atoms. The second-order valence-corrected chi connectivity index (χ2v) is 9.53. The van der Waals surface area contributed by atoms with E-state index in [1.165, 1.54) is 30.0 Å². The van der Waals surface area contributed by atoms with Crippen LogP contribution in [0.5, 0.6) is 5.75 Å². The van der Waals surface area contributed by atoms with E-state index in [9.17, 15) is 13.2 Å². The SMILES string of the molecule is COc1ccc(-c2ccc(=O)n(-c3c(C)noc3C)n2)cc1S(=O)(=O)Nc1c(C)cccc1C. The first kappa shape index (κ1) is 23.2. The van der Waals surface area contributed by atoms with Crippen LogP contribution in [0.2, 0.25) is 0 Å².